The number of aryl methyl sites for hydroxylation is 2. The number of halogens is 1. The Labute approximate surface area is 128 Å². The summed E-state index contributed by atoms with van der Waals surface area (Å²) in [5.41, 5.74) is 1.73. The molecule has 0 saturated heterocycles. The van der Waals surface area contributed by atoms with E-state index in [4.69, 9.17) is 11.6 Å². The number of benzene rings is 1. The van der Waals surface area contributed by atoms with Gasteiger partial charge in [0.15, 0.2) is 0 Å². The topological polar surface area (TPSA) is 37.4 Å². The van der Waals surface area contributed by atoms with Gasteiger partial charge in [0, 0.05) is 18.5 Å². The van der Waals surface area contributed by atoms with Crippen LogP contribution in [0.5, 0.6) is 0 Å². The van der Waals surface area contributed by atoms with Crippen LogP contribution in [0.4, 0.5) is 0 Å². The fourth-order valence-electron chi connectivity index (χ4n) is 2.39. The Morgan fingerprint density at radius 3 is 2.30 bits per heavy atom. The van der Waals surface area contributed by atoms with Crippen molar-refractivity contribution in [1.29, 1.82) is 0 Å². The smallest absolute Gasteiger partial charge is 0.207 e. The maximum absolute atomic E-state index is 12.9. The fraction of sp³-hybridized carbons (Fsp3) is 0.600. The maximum atomic E-state index is 12.9. The van der Waals surface area contributed by atoms with E-state index >= 15 is 0 Å². The Hall–Kier alpha value is -0.580. The molecule has 0 amide bonds. The minimum absolute atomic E-state index is 0.00124. The molecule has 0 bridgehead atoms. The first-order valence-electron chi connectivity index (χ1n) is 7.03. The van der Waals surface area contributed by atoms with E-state index in [2.05, 4.69) is 0 Å². The second-order valence-electron chi connectivity index (χ2n) is 5.04. The highest BCUT2D eigenvalue weighted by Gasteiger charge is 2.30. The minimum atomic E-state index is -3.49. The average molecular weight is 318 g/mol. The third-order valence-corrected chi connectivity index (χ3v) is 5.85. The van der Waals surface area contributed by atoms with Gasteiger partial charge in [-0.05, 0) is 43.9 Å². The number of alkyl halides is 1. The second-order valence-corrected chi connectivity index (χ2v) is 7.28. The van der Waals surface area contributed by atoms with Gasteiger partial charge >= 0.3 is 0 Å². The van der Waals surface area contributed by atoms with E-state index in [0.29, 0.717) is 17.3 Å². The van der Waals surface area contributed by atoms with Crippen LogP contribution in [-0.2, 0) is 10.0 Å². The van der Waals surface area contributed by atoms with Gasteiger partial charge in [0.1, 0.15) is 0 Å². The summed E-state index contributed by atoms with van der Waals surface area (Å²) in [5, 5.41) is 0. The Bertz CT molecular complexity index is 539. The number of sulfonamides is 1. The van der Waals surface area contributed by atoms with Crippen molar-refractivity contribution in [2.45, 2.75) is 51.5 Å². The van der Waals surface area contributed by atoms with E-state index in [1.54, 1.807) is 10.4 Å². The number of hydrogen-bond donors (Lipinski definition) is 0. The van der Waals surface area contributed by atoms with Gasteiger partial charge in [-0.2, -0.15) is 4.31 Å². The zero-order valence-corrected chi connectivity index (χ0v) is 14.3. The monoisotopic (exact) mass is 317 g/mol. The van der Waals surface area contributed by atoms with Crippen molar-refractivity contribution in [2.24, 2.45) is 0 Å². The molecule has 5 heteroatoms. The molecule has 0 atom stereocenters. The summed E-state index contributed by atoms with van der Waals surface area (Å²) in [5.74, 6) is 0.306. The maximum Gasteiger partial charge on any atom is 0.243 e. The molecular formula is C15H24ClNO2S. The quantitative estimate of drug-likeness (QED) is 0.719. The van der Waals surface area contributed by atoms with Crippen molar-refractivity contribution in [1.82, 2.24) is 4.31 Å². The first-order chi connectivity index (χ1) is 9.38. The van der Waals surface area contributed by atoms with Crippen molar-refractivity contribution >= 4 is 21.6 Å². The molecule has 0 aliphatic heterocycles. The normalized spacial score (nSPS) is 12.3. The van der Waals surface area contributed by atoms with Crippen molar-refractivity contribution in [3.05, 3.63) is 29.3 Å². The molecule has 0 saturated carbocycles. The van der Waals surface area contributed by atoms with Gasteiger partial charge in [-0.25, -0.2) is 8.42 Å². The van der Waals surface area contributed by atoms with Gasteiger partial charge in [-0.3, -0.25) is 0 Å². The highest BCUT2D eigenvalue weighted by atomic mass is 35.5. The number of nitrogens with zero attached hydrogens (tertiary/aromatic N) is 1. The molecule has 3 nitrogen and oxygen atoms in total. The molecule has 0 N–H and O–H groups in total. The fourth-order valence-corrected chi connectivity index (χ4v) is 4.76. The van der Waals surface area contributed by atoms with Crippen LogP contribution in [0.15, 0.2) is 23.1 Å². The predicted molar refractivity (Wildman–Crippen MR) is 84.9 cm³/mol. The van der Waals surface area contributed by atoms with Crippen LogP contribution in [0.1, 0.15) is 37.8 Å². The lowest BCUT2D eigenvalue weighted by Gasteiger charge is -2.29. The van der Waals surface area contributed by atoms with Crippen LogP contribution in [0.3, 0.4) is 0 Å². The highest BCUT2D eigenvalue weighted by molar-refractivity contribution is 7.89. The molecule has 0 unspecified atom stereocenters. The van der Waals surface area contributed by atoms with Crippen LogP contribution in [0, 0.1) is 13.8 Å². The minimum Gasteiger partial charge on any atom is -0.207 e. The van der Waals surface area contributed by atoms with E-state index < -0.39 is 10.0 Å². The predicted octanol–water partition coefficient (Wildman–Crippen LogP) is 3.72. The van der Waals surface area contributed by atoms with Crippen LogP contribution in [-0.4, -0.2) is 31.2 Å². The van der Waals surface area contributed by atoms with Crippen molar-refractivity contribution in [3.8, 4) is 0 Å². The molecule has 0 heterocycles. The van der Waals surface area contributed by atoms with Gasteiger partial charge < -0.3 is 0 Å². The standard InChI is InChI=1S/C15H24ClNO2S/c1-5-14(6-2)17(10-9-16)20(18,19)15-11-12(3)7-8-13(15)4/h7-8,11,14H,5-6,9-10H2,1-4H3. The molecular weight excluding hydrogens is 294 g/mol. The first kappa shape index (κ1) is 17.5. The Balaban J connectivity index is 3.32. The van der Waals surface area contributed by atoms with Gasteiger partial charge in [0.05, 0.1) is 4.90 Å². The summed E-state index contributed by atoms with van der Waals surface area (Å²) in [6.07, 6.45) is 1.58. The van der Waals surface area contributed by atoms with Gasteiger partial charge in [-0.1, -0.05) is 26.0 Å². The molecule has 0 aliphatic carbocycles. The van der Waals surface area contributed by atoms with Gasteiger partial charge in [-0.15, -0.1) is 11.6 Å². The Morgan fingerprint density at radius 1 is 1.20 bits per heavy atom. The van der Waals surface area contributed by atoms with E-state index in [1.807, 2.05) is 39.8 Å². The summed E-state index contributed by atoms with van der Waals surface area (Å²) >= 11 is 5.81. The van der Waals surface area contributed by atoms with Gasteiger partial charge in [0.2, 0.25) is 10.0 Å². The lowest BCUT2D eigenvalue weighted by atomic mass is 10.2. The van der Waals surface area contributed by atoms with Crippen LogP contribution >= 0.6 is 11.6 Å². The average Bonchev–Trinajstić information content (AvgIpc) is 2.41. The Kier molecular flexibility index (Phi) is 6.49. The molecule has 114 valence electrons. The zero-order chi connectivity index (χ0) is 15.3. The highest BCUT2D eigenvalue weighted by Crippen LogP contribution is 2.25. The molecule has 0 radical (unpaired) electrons. The molecule has 0 aromatic heterocycles. The van der Waals surface area contributed by atoms with Crippen LogP contribution in [0.2, 0.25) is 0 Å². The lowest BCUT2D eigenvalue weighted by molar-refractivity contribution is 0.316. The van der Waals surface area contributed by atoms with Crippen molar-refractivity contribution < 1.29 is 8.42 Å². The third-order valence-electron chi connectivity index (χ3n) is 3.58. The summed E-state index contributed by atoms with van der Waals surface area (Å²) < 4.78 is 27.4. The van der Waals surface area contributed by atoms with Crippen LogP contribution in [0.25, 0.3) is 0 Å². The molecule has 20 heavy (non-hydrogen) atoms. The number of hydrogen-bond acceptors (Lipinski definition) is 2. The summed E-state index contributed by atoms with van der Waals surface area (Å²) in [7, 11) is -3.49. The summed E-state index contributed by atoms with van der Waals surface area (Å²) in [6.45, 7) is 8.10. The van der Waals surface area contributed by atoms with Crippen LogP contribution < -0.4 is 0 Å². The van der Waals surface area contributed by atoms with E-state index in [1.165, 1.54) is 0 Å². The molecule has 0 aliphatic rings. The Morgan fingerprint density at radius 2 is 1.80 bits per heavy atom. The molecule has 1 aromatic rings. The number of rotatable bonds is 7. The molecule has 1 aromatic carbocycles. The van der Waals surface area contributed by atoms with E-state index in [9.17, 15) is 8.42 Å². The lowest BCUT2D eigenvalue weighted by Crippen LogP contribution is -2.41. The van der Waals surface area contributed by atoms with Crippen molar-refractivity contribution in [2.75, 3.05) is 12.4 Å². The first-order valence-corrected chi connectivity index (χ1v) is 9.01. The van der Waals surface area contributed by atoms with E-state index in [-0.39, 0.29) is 6.04 Å². The second kappa shape index (κ2) is 7.43. The summed E-state index contributed by atoms with van der Waals surface area (Å²) in [4.78, 5) is 0.398. The molecule has 0 spiro atoms. The third kappa shape index (κ3) is 3.74. The molecule has 0 fully saturated rings. The van der Waals surface area contributed by atoms with Gasteiger partial charge in [0.25, 0.3) is 0 Å². The molecule has 1 rings (SSSR count). The SMILES string of the molecule is CCC(CC)N(CCCl)S(=O)(=O)c1cc(C)ccc1C. The summed E-state index contributed by atoms with van der Waals surface area (Å²) in [6, 6.07) is 5.53. The largest absolute Gasteiger partial charge is 0.243 e. The van der Waals surface area contributed by atoms with Crippen molar-refractivity contribution in [3.63, 3.8) is 0 Å². The zero-order valence-electron chi connectivity index (χ0n) is 12.7. The van der Waals surface area contributed by atoms with E-state index in [0.717, 1.165) is 24.0 Å².